The highest BCUT2D eigenvalue weighted by atomic mass is 16.6. The van der Waals surface area contributed by atoms with Crippen LogP contribution in [-0.4, -0.2) is 52.9 Å². The van der Waals surface area contributed by atoms with E-state index in [-0.39, 0.29) is 5.41 Å². The van der Waals surface area contributed by atoms with Gasteiger partial charge in [-0.05, 0) is 33.1 Å². The number of hydrogen-bond acceptors (Lipinski definition) is 4. The zero-order valence-corrected chi connectivity index (χ0v) is 16.5. The van der Waals surface area contributed by atoms with Crippen LogP contribution in [0.2, 0.25) is 0 Å². The standard InChI is InChI=1S/C20H38O4/c1-19(2)9-6-7-11-21-13-15-23-17-18-24-16-14-22-12-8-10-20(3,4)5/h19H,6-7,9,11-18H2,1-5H3. The minimum atomic E-state index is 0.0367. The maximum Gasteiger partial charge on any atom is 0.107 e. The molecule has 0 aliphatic carbocycles. The van der Waals surface area contributed by atoms with Crippen LogP contribution in [0.1, 0.15) is 53.9 Å². The summed E-state index contributed by atoms with van der Waals surface area (Å²) in [7, 11) is 0. The van der Waals surface area contributed by atoms with E-state index < -0.39 is 0 Å². The second kappa shape index (κ2) is 15.9. The third kappa shape index (κ3) is 21.4. The second-order valence-corrected chi connectivity index (χ2v) is 7.33. The van der Waals surface area contributed by atoms with E-state index in [2.05, 4.69) is 46.5 Å². The highest BCUT2D eigenvalue weighted by Crippen LogP contribution is 2.09. The van der Waals surface area contributed by atoms with Crippen molar-refractivity contribution in [3.05, 3.63) is 0 Å². The summed E-state index contributed by atoms with van der Waals surface area (Å²) in [6.07, 6.45) is 3.67. The van der Waals surface area contributed by atoms with Gasteiger partial charge in [-0.3, -0.25) is 0 Å². The number of unbranched alkanes of at least 4 members (excludes halogenated alkanes) is 1. The third-order valence-corrected chi connectivity index (χ3v) is 3.07. The second-order valence-electron chi connectivity index (χ2n) is 7.33. The number of ether oxygens (including phenoxy) is 4. The van der Waals surface area contributed by atoms with Crippen LogP contribution in [0.4, 0.5) is 0 Å². The van der Waals surface area contributed by atoms with Crippen LogP contribution in [0.15, 0.2) is 0 Å². The highest BCUT2D eigenvalue weighted by molar-refractivity contribution is 5.07. The first-order valence-corrected chi connectivity index (χ1v) is 9.23. The monoisotopic (exact) mass is 342 g/mol. The van der Waals surface area contributed by atoms with E-state index in [1.807, 2.05) is 0 Å². The van der Waals surface area contributed by atoms with Gasteiger partial charge in [0, 0.05) is 12.0 Å². The molecule has 0 aromatic heterocycles. The molecule has 0 amide bonds. The van der Waals surface area contributed by atoms with Crippen LogP contribution >= 0.6 is 0 Å². The smallest absolute Gasteiger partial charge is 0.107 e. The Bertz CT molecular complexity index is 323. The minimum absolute atomic E-state index is 0.0367. The van der Waals surface area contributed by atoms with Crippen LogP contribution in [-0.2, 0) is 18.9 Å². The Labute approximate surface area is 149 Å². The van der Waals surface area contributed by atoms with Crippen LogP contribution < -0.4 is 0 Å². The number of hydrogen-bond donors (Lipinski definition) is 0. The lowest BCUT2D eigenvalue weighted by atomic mass is 9.98. The molecule has 0 unspecified atom stereocenters. The molecule has 0 saturated heterocycles. The predicted molar refractivity (Wildman–Crippen MR) is 99.2 cm³/mol. The SMILES string of the molecule is CC(C)CCCCOCCOCCOCCOCC#CC(C)(C)C. The summed E-state index contributed by atoms with van der Waals surface area (Å²) >= 11 is 0. The first kappa shape index (κ1) is 23.4. The molecule has 0 N–H and O–H groups in total. The van der Waals surface area contributed by atoms with Gasteiger partial charge in [0.2, 0.25) is 0 Å². The Morgan fingerprint density at radius 3 is 1.71 bits per heavy atom. The zero-order chi connectivity index (χ0) is 18.1. The van der Waals surface area contributed by atoms with E-state index in [0.29, 0.717) is 46.2 Å². The Kier molecular flexibility index (Phi) is 15.5. The molecule has 0 spiro atoms. The molecule has 0 radical (unpaired) electrons. The lowest BCUT2D eigenvalue weighted by Crippen LogP contribution is -2.12. The molecule has 0 fully saturated rings. The molecule has 4 nitrogen and oxygen atoms in total. The van der Waals surface area contributed by atoms with Gasteiger partial charge in [-0.1, -0.05) is 38.5 Å². The van der Waals surface area contributed by atoms with Crippen molar-refractivity contribution in [1.29, 1.82) is 0 Å². The van der Waals surface area contributed by atoms with Gasteiger partial charge in [0.25, 0.3) is 0 Å². The fraction of sp³-hybridized carbons (Fsp3) is 0.900. The van der Waals surface area contributed by atoms with Crippen molar-refractivity contribution in [2.45, 2.75) is 53.9 Å². The normalized spacial score (nSPS) is 11.6. The minimum Gasteiger partial charge on any atom is -0.379 e. The summed E-state index contributed by atoms with van der Waals surface area (Å²) in [5.74, 6) is 6.92. The summed E-state index contributed by atoms with van der Waals surface area (Å²) in [6.45, 7) is 15.7. The fourth-order valence-electron chi connectivity index (χ4n) is 1.84. The molecule has 0 bridgehead atoms. The Morgan fingerprint density at radius 1 is 0.708 bits per heavy atom. The van der Waals surface area contributed by atoms with Crippen LogP contribution in [0.25, 0.3) is 0 Å². The van der Waals surface area contributed by atoms with Crippen LogP contribution in [0.3, 0.4) is 0 Å². The molecule has 0 aliphatic heterocycles. The molecule has 24 heavy (non-hydrogen) atoms. The van der Waals surface area contributed by atoms with Gasteiger partial charge < -0.3 is 18.9 Å². The zero-order valence-electron chi connectivity index (χ0n) is 16.5. The lowest BCUT2D eigenvalue weighted by molar-refractivity contribution is 0.000857. The van der Waals surface area contributed by atoms with E-state index in [1.54, 1.807) is 0 Å². The molecular formula is C20H38O4. The quantitative estimate of drug-likeness (QED) is 0.334. The third-order valence-electron chi connectivity index (χ3n) is 3.07. The molecule has 0 rings (SSSR count). The molecule has 0 aromatic carbocycles. The highest BCUT2D eigenvalue weighted by Gasteiger charge is 2.02. The number of rotatable bonds is 15. The van der Waals surface area contributed by atoms with E-state index >= 15 is 0 Å². The van der Waals surface area contributed by atoms with Crippen molar-refractivity contribution in [3.8, 4) is 11.8 Å². The van der Waals surface area contributed by atoms with E-state index in [4.69, 9.17) is 18.9 Å². The van der Waals surface area contributed by atoms with Crippen LogP contribution in [0, 0.1) is 23.2 Å². The maximum absolute atomic E-state index is 5.52. The average molecular weight is 343 g/mol. The molecule has 142 valence electrons. The first-order valence-electron chi connectivity index (χ1n) is 9.23. The summed E-state index contributed by atoms with van der Waals surface area (Å²) in [5, 5.41) is 0. The van der Waals surface area contributed by atoms with Crippen molar-refractivity contribution < 1.29 is 18.9 Å². The van der Waals surface area contributed by atoms with E-state index in [9.17, 15) is 0 Å². The van der Waals surface area contributed by atoms with Crippen molar-refractivity contribution in [3.63, 3.8) is 0 Å². The van der Waals surface area contributed by atoms with Gasteiger partial charge in [0.1, 0.15) is 6.61 Å². The fourth-order valence-corrected chi connectivity index (χ4v) is 1.84. The molecule has 0 aromatic rings. The van der Waals surface area contributed by atoms with Crippen LogP contribution in [0.5, 0.6) is 0 Å². The van der Waals surface area contributed by atoms with Gasteiger partial charge in [-0.25, -0.2) is 0 Å². The molecule has 0 saturated carbocycles. The topological polar surface area (TPSA) is 36.9 Å². The van der Waals surface area contributed by atoms with Crippen molar-refractivity contribution in [1.82, 2.24) is 0 Å². The molecule has 0 aliphatic rings. The average Bonchev–Trinajstić information content (AvgIpc) is 2.49. The predicted octanol–water partition coefficient (Wildman–Crippen LogP) is 3.93. The molecule has 0 heterocycles. The van der Waals surface area contributed by atoms with E-state index in [0.717, 1.165) is 18.9 Å². The molecule has 4 heteroatoms. The van der Waals surface area contributed by atoms with Gasteiger partial charge in [-0.15, -0.1) is 0 Å². The van der Waals surface area contributed by atoms with Crippen molar-refractivity contribution in [2.24, 2.45) is 11.3 Å². The Balaban J connectivity index is 3.11. The summed E-state index contributed by atoms with van der Waals surface area (Å²) in [6, 6.07) is 0. The summed E-state index contributed by atoms with van der Waals surface area (Å²) in [4.78, 5) is 0. The maximum atomic E-state index is 5.52. The van der Waals surface area contributed by atoms with Gasteiger partial charge in [-0.2, -0.15) is 0 Å². The van der Waals surface area contributed by atoms with Gasteiger partial charge in [0.15, 0.2) is 0 Å². The van der Waals surface area contributed by atoms with E-state index in [1.165, 1.54) is 12.8 Å². The van der Waals surface area contributed by atoms with Gasteiger partial charge in [0.05, 0.1) is 39.6 Å². The Morgan fingerprint density at radius 2 is 1.21 bits per heavy atom. The van der Waals surface area contributed by atoms with Gasteiger partial charge >= 0.3 is 0 Å². The van der Waals surface area contributed by atoms with Crippen molar-refractivity contribution in [2.75, 3.05) is 52.9 Å². The summed E-state index contributed by atoms with van der Waals surface area (Å²) in [5.41, 5.74) is 0.0367. The molecule has 0 atom stereocenters. The molecular weight excluding hydrogens is 304 g/mol. The Hall–Kier alpha value is -0.600. The largest absolute Gasteiger partial charge is 0.379 e. The summed E-state index contributed by atoms with van der Waals surface area (Å²) < 4.78 is 21.8. The first-order chi connectivity index (χ1) is 11.4. The lowest BCUT2D eigenvalue weighted by Gasteiger charge is -2.08. The van der Waals surface area contributed by atoms with Crippen molar-refractivity contribution >= 4 is 0 Å².